The molecule has 1 amide bonds. The highest BCUT2D eigenvalue weighted by atomic mass is 35.5. The number of thioether (sulfide) groups is 1. The van der Waals surface area contributed by atoms with Crippen LogP contribution >= 0.6 is 24.2 Å². The van der Waals surface area contributed by atoms with E-state index in [9.17, 15) is 4.79 Å². The normalized spacial score (nSPS) is 10.1. The molecule has 0 aliphatic heterocycles. The molecular formula is C19H25ClN2OS. The number of amides is 1. The second-order valence-corrected chi connectivity index (χ2v) is 6.63. The summed E-state index contributed by atoms with van der Waals surface area (Å²) >= 11 is 1.81. The molecule has 0 heterocycles. The van der Waals surface area contributed by atoms with Crippen LogP contribution in [0.2, 0.25) is 0 Å². The van der Waals surface area contributed by atoms with Crippen LogP contribution in [-0.4, -0.2) is 26.0 Å². The van der Waals surface area contributed by atoms with Gasteiger partial charge in [0.25, 0.3) is 5.91 Å². The van der Waals surface area contributed by atoms with Crippen molar-refractivity contribution >= 4 is 30.1 Å². The second-order valence-electron chi connectivity index (χ2n) is 5.62. The average molecular weight is 365 g/mol. The molecule has 0 aromatic heterocycles. The topological polar surface area (TPSA) is 41.1 Å². The summed E-state index contributed by atoms with van der Waals surface area (Å²) in [5.74, 6) is 0.847. The first-order valence-electron chi connectivity index (χ1n) is 7.82. The molecule has 0 unspecified atom stereocenters. The number of carbonyl (C=O) groups is 1. The fourth-order valence-corrected chi connectivity index (χ4v) is 3.28. The molecule has 24 heavy (non-hydrogen) atoms. The maximum absolute atomic E-state index is 12.1. The summed E-state index contributed by atoms with van der Waals surface area (Å²) in [6, 6.07) is 14.4. The van der Waals surface area contributed by atoms with Crippen LogP contribution in [0.3, 0.4) is 0 Å². The van der Waals surface area contributed by atoms with Gasteiger partial charge in [0.2, 0.25) is 0 Å². The Morgan fingerprint density at radius 2 is 1.88 bits per heavy atom. The van der Waals surface area contributed by atoms with Gasteiger partial charge in [0.15, 0.2) is 0 Å². The molecule has 5 heteroatoms. The molecule has 0 aliphatic rings. The molecule has 2 N–H and O–H groups in total. The number of halogens is 1. The van der Waals surface area contributed by atoms with Gasteiger partial charge in [-0.2, -0.15) is 0 Å². The molecule has 0 radical (unpaired) electrons. The molecule has 0 atom stereocenters. The molecule has 130 valence electrons. The molecule has 0 aliphatic carbocycles. The van der Waals surface area contributed by atoms with E-state index in [2.05, 4.69) is 48.7 Å². The molecule has 2 aromatic rings. The molecular weight excluding hydrogens is 340 g/mol. The van der Waals surface area contributed by atoms with E-state index < -0.39 is 0 Å². The number of benzene rings is 2. The van der Waals surface area contributed by atoms with Crippen molar-refractivity contribution in [2.45, 2.75) is 24.5 Å². The Kier molecular flexibility index (Phi) is 8.90. The Morgan fingerprint density at radius 3 is 2.58 bits per heavy atom. The molecule has 2 aromatic carbocycles. The summed E-state index contributed by atoms with van der Waals surface area (Å²) in [6.07, 6.45) is 0. The van der Waals surface area contributed by atoms with E-state index in [4.69, 9.17) is 0 Å². The lowest BCUT2D eigenvalue weighted by Crippen LogP contribution is -2.30. The zero-order chi connectivity index (χ0) is 16.7. The van der Waals surface area contributed by atoms with Crippen molar-refractivity contribution in [3.05, 3.63) is 64.7 Å². The quantitative estimate of drug-likeness (QED) is 0.577. The molecule has 0 bridgehead atoms. The van der Waals surface area contributed by atoms with E-state index in [1.165, 1.54) is 16.0 Å². The van der Waals surface area contributed by atoms with E-state index >= 15 is 0 Å². The van der Waals surface area contributed by atoms with Crippen molar-refractivity contribution in [1.82, 2.24) is 10.6 Å². The summed E-state index contributed by atoms with van der Waals surface area (Å²) in [5.41, 5.74) is 4.47. The van der Waals surface area contributed by atoms with Gasteiger partial charge < -0.3 is 10.6 Å². The van der Waals surface area contributed by atoms with Gasteiger partial charge in [-0.25, -0.2) is 0 Å². The van der Waals surface area contributed by atoms with Gasteiger partial charge in [-0.1, -0.05) is 29.8 Å². The van der Waals surface area contributed by atoms with Crippen molar-refractivity contribution in [3.8, 4) is 0 Å². The summed E-state index contributed by atoms with van der Waals surface area (Å²) < 4.78 is 0. The van der Waals surface area contributed by atoms with Crippen LogP contribution in [0.25, 0.3) is 0 Å². The predicted molar refractivity (Wildman–Crippen MR) is 105 cm³/mol. The van der Waals surface area contributed by atoms with E-state index in [0.29, 0.717) is 6.54 Å². The van der Waals surface area contributed by atoms with Crippen LogP contribution in [-0.2, 0) is 5.75 Å². The number of rotatable bonds is 7. The third-order valence-corrected chi connectivity index (χ3v) is 4.82. The maximum Gasteiger partial charge on any atom is 0.251 e. The van der Waals surface area contributed by atoms with Crippen molar-refractivity contribution in [2.24, 2.45) is 0 Å². The summed E-state index contributed by atoms with van der Waals surface area (Å²) in [5, 5.41) is 5.92. The van der Waals surface area contributed by atoms with Crippen LogP contribution in [0.15, 0.2) is 47.4 Å². The largest absolute Gasteiger partial charge is 0.351 e. The summed E-state index contributed by atoms with van der Waals surface area (Å²) in [4.78, 5) is 13.4. The Balaban J connectivity index is 0.00000288. The van der Waals surface area contributed by atoms with Crippen LogP contribution in [0.4, 0.5) is 0 Å². The fourth-order valence-electron chi connectivity index (χ4n) is 2.33. The molecule has 3 nitrogen and oxygen atoms in total. The Morgan fingerprint density at radius 1 is 1.08 bits per heavy atom. The minimum absolute atomic E-state index is 0. The van der Waals surface area contributed by atoms with Gasteiger partial charge in [-0.05, 0) is 50.2 Å². The standard InChI is InChI=1S/C19H24N2OS.ClH/c1-14-7-8-18(15(2)11-14)23-13-16-5-4-6-17(12-16)19(22)21-10-9-20-3;/h4-8,11-12,20H,9-10,13H2,1-3H3,(H,21,22);1H. The lowest BCUT2D eigenvalue weighted by atomic mass is 10.1. The van der Waals surface area contributed by atoms with Crippen LogP contribution in [0.5, 0.6) is 0 Å². The first-order chi connectivity index (χ1) is 11.1. The molecule has 0 fully saturated rings. The van der Waals surface area contributed by atoms with E-state index in [0.717, 1.165) is 23.4 Å². The van der Waals surface area contributed by atoms with Gasteiger partial charge in [0.1, 0.15) is 0 Å². The maximum atomic E-state index is 12.1. The smallest absolute Gasteiger partial charge is 0.251 e. The number of nitrogens with one attached hydrogen (secondary N) is 2. The van der Waals surface area contributed by atoms with E-state index in [1.54, 1.807) is 0 Å². The highest BCUT2D eigenvalue weighted by Gasteiger charge is 2.06. The third kappa shape index (κ3) is 6.19. The van der Waals surface area contributed by atoms with E-state index in [1.807, 2.05) is 37.0 Å². The minimum Gasteiger partial charge on any atom is -0.351 e. The molecule has 0 saturated carbocycles. The van der Waals surface area contributed by atoms with Crippen LogP contribution in [0, 0.1) is 13.8 Å². The minimum atomic E-state index is -0.0152. The predicted octanol–water partition coefficient (Wildman–Crippen LogP) is 3.97. The first-order valence-corrected chi connectivity index (χ1v) is 8.80. The number of aryl methyl sites for hydroxylation is 2. The third-order valence-electron chi connectivity index (χ3n) is 3.57. The van der Waals surface area contributed by atoms with Gasteiger partial charge in [0.05, 0.1) is 0 Å². The number of carbonyl (C=O) groups excluding carboxylic acids is 1. The van der Waals surface area contributed by atoms with Crippen LogP contribution < -0.4 is 10.6 Å². The Hall–Kier alpha value is -1.49. The van der Waals surface area contributed by atoms with Gasteiger partial charge in [-0.15, -0.1) is 24.2 Å². The number of hydrogen-bond acceptors (Lipinski definition) is 3. The first kappa shape index (κ1) is 20.6. The van der Waals surface area contributed by atoms with Gasteiger partial charge in [0, 0.05) is 29.3 Å². The van der Waals surface area contributed by atoms with Gasteiger partial charge in [-0.3, -0.25) is 4.79 Å². The van der Waals surface area contributed by atoms with Gasteiger partial charge >= 0.3 is 0 Å². The second kappa shape index (κ2) is 10.4. The summed E-state index contributed by atoms with van der Waals surface area (Å²) in [7, 11) is 1.87. The molecule has 0 spiro atoms. The van der Waals surface area contributed by atoms with E-state index in [-0.39, 0.29) is 18.3 Å². The number of hydrogen-bond donors (Lipinski definition) is 2. The Bertz CT molecular complexity index is 676. The highest BCUT2D eigenvalue weighted by molar-refractivity contribution is 7.98. The number of likely N-dealkylation sites (N-methyl/N-ethyl adjacent to an activating group) is 1. The monoisotopic (exact) mass is 364 g/mol. The molecule has 0 saturated heterocycles. The fraction of sp³-hybridized carbons (Fsp3) is 0.316. The van der Waals surface area contributed by atoms with Crippen molar-refractivity contribution < 1.29 is 4.79 Å². The van der Waals surface area contributed by atoms with Crippen molar-refractivity contribution in [2.75, 3.05) is 20.1 Å². The van der Waals surface area contributed by atoms with Crippen molar-refractivity contribution in [3.63, 3.8) is 0 Å². The summed E-state index contributed by atoms with van der Waals surface area (Å²) in [6.45, 7) is 5.66. The van der Waals surface area contributed by atoms with Crippen LogP contribution in [0.1, 0.15) is 27.0 Å². The lowest BCUT2D eigenvalue weighted by Gasteiger charge is -2.09. The molecule has 2 rings (SSSR count). The SMILES string of the molecule is CNCCNC(=O)c1cccc(CSc2ccc(C)cc2C)c1.Cl. The zero-order valence-electron chi connectivity index (χ0n) is 14.4. The lowest BCUT2D eigenvalue weighted by molar-refractivity contribution is 0.0954. The zero-order valence-corrected chi connectivity index (χ0v) is 16.0. The highest BCUT2D eigenvalue weighted by Crippen LogP contribution is 2.26. The Labute approximate surface area is 155 Å². The average Bonchev–Trinajstić information content (AvgIpc) is 2.54. The van der Waals surface area contributed by atoms with Crippen molar-refractivity contribution in [1.29, 1.82) is 0 Å².